The summed E-state index contributed by atoms with van der Waals surface area (Å²) in [6.07, 6.45) is 2.48. The quantitative estimate of drug-likeness (QED) is 0.735. The molecule has 0 aliphatic rings. The molecule has 3 nitrogen and oxygen atoms in total. The van der Waals surface area contributed by atoms with Crippen LogP contribution in [0.2, 0.25) is 0 Å². The van der Waals surface area contributed by atoms with E-state index >= 15 is 0 Å². The minimum atomic E-state index is 0.648. The Kier molecular flexibility index (Phi) is 2.96. The highest BCUT2D eigenvalue weighted by Gasteiger charge is 2.00. The molecule has 0 aliphatic carbocycles. The molecule has 0 saturated heterocycles. The van der Waals surface area contributed by atoms with Crippen LogP contribution in [0.3, 0.4) is 0 Å². The van der Waals surface area contributed by atoms with Gasteiger partial charge in [0.25, 0.3) is 0 Å². The smallest absolute Gasteiger partial charge is 0.150 e. The van der Waals surface area contributed by atoms with Crippen molar-refractivity contribution in [2.45, 2.75) is 0 Å². The summed E-state index contributed by atoms with van der Waals surface area (Å²) in [7, 11) is 1.60. The number of aldehydes is 1. The highest BCUT2D eigenvalue weighted by atomic mass is 16.5. The van der Waals surface area contributed by atoms with Crippen LogP contribution in [0.4, 0.5) is 0 Å². The second kappa shape index (κ2) is 4.57. The number of methoxy groups -OCH3 is 1. The van der Waals surface area contributed by atoms with Crippen LogP contribution in [0.5, 0.6) is 5.75 Å². The first-order chi connectivity index (χ1) is 7.83. The van der Waals surface area contributed by atoms with Gasteiger partial charge in [-0.05, 0) is 18.2 Å². The third-order valence-electron chi connectivity index (χ3n) is 2.29. The molecular formula is C13H11NO2. The van der Waals surface area contributed by atoms with E-state index in [4.69, 9.17) is 4.74 Å². The second-order valence-corrected chi connectivity index (χ2v) is 3.33. The molecule has 16 heavy (non-hydrogen) atoms. The number of benzene rings is 1. The van der Waals surface area contributed by atoms with Crippen LogP contribution in [-0.2, 0) is 0 Å². The molecule has 0 unspecified atom stereocenters. The Morgan fingerprint density at radius 2 is 2.12 bits per heavy atom. The highest BCUT2D eigenvalue weighted by Crippen LogP contribution is 2.19. The zero-order valence-corrected chi connectivity index (χ0v) is 8.88. The fourth-order valence-corrected chi connectivity index (χ4v) is 1.44. The number of carbonyl (C=O) groups is 1. The highest BCUT2D eigenvalue weighted by molar-refractivity contribution is 5.78. The lowest BCUT2D eigenvalue weighted by atomic mass is 10.1. The van der Waals surface area contributed by atoms with Crippen LogP contribution in [0, 0.1) is 0 Å². The molecule has 0 amide bonds. The predicted octanol–water partition coefficient (Wildman–Crippen LogP) is 2.57. The molecule has 0 bridgehead atoms. The first-order valence-electron chi connectivity index (χ1n) is 4.89. The Labute approximate surface area is 93.7 Å². The number of pyridine rings is 1. The minimum Gasteiger partial charge on any atom is -0.495 e. The summed E-state index contributed by atoms with van der Waals surface area (Å²) in [5.41, 5.74) is 2.40. The van der Waals surface area contributed by atoms with Crippen molar-refractivity contribution in [3.63, 3.8) is 0 Å². The maximum atomic E-state index is 10.7. The SMILES string of the molecule is COc1ccc(-c2cccc(C=O)c2)nc1. The third kappa shape index (κ3) is 2.08. The fraction of sp³-hybridized carbons (Fsp3) is 0.0769. The van der Waals surface area contributed by atoms with E-state index in [0.717, 1.165) is 23.3 Å². The summed E-state index contributed by atoms with van der Waals surface area (Å²) in [6.45, 7) is 0. The van der Waals surface area contributed by atoms with E-state index in [0.29, 0.717) is 5.56 Å². The summed E-state index contributed by atoms with van der Waals surface area (Å²) in [4.78, 5) is 14.9. The molecule has 0 spiro atoms. The molecule has 1 heterocycles. The summed E-state index contributed by atoms with van der Waals surface area (Å²) in [5.74, 6) is 0.718. The van der Waals surface area contributed by atoms with E-state index in [9.17, 15) is 4.79 Å². The standard InChI is InChI=1S/C13H11NO2/c1-16-12-5-6-13(14-8-12)11-4-2-3-10(7-11)9-15/h2-9H,1H3. The number of carbonyl (C=O) groups excluding carboxylic acids is 1. The normalized spacial score (nSPS) is 9.81. The number of nitrogens with zero attached hydrogens (tertiary/aromatic N) is 1. The zero-order chi connectivity index (χ0) is 11.4. The molecule has 0 fully saturated rings. The van der Waals surface area contributed by atoms with Gasteiger partial charge in [0.05, 0.1) is 19.0 Å². The van der Waals surface area contributed by atoms with Gasteiger partial charge in [-0.2, -0.15) is 0 Å². The molecule has 1 aromatic heterocycles. The zero-order valence-electron chi connectivity index (χ0n) is 8.88. The van der Waals surface area contributed by atoms with Crippen molar-refractivity contribution in [2.75, 3.05) is 7.11 Å². The Balaban J connectivity index is 2.38. The van der Waals surface area contributed by atoms with Gasteiger partial charge in [-0.15, -0.1) is 0 Å². The molecule has 0 N–H and O–H groups in total. The predicted molar refractivity (Wildman–Crippen MR) is 61.6 cm³/mol. The van der Waals surface area contributed by atoms with Crippen molar-refractivity contribution in [1.82, 2.24) is 4.98 Å². The van der Waals surface area contributed by atoms with Crippen molar-refractivity contribution < 1.29 is 9.53 Å². The summed E-state index contributed by atoms with van der Waals surface area (Å²) in [5, 5.41) is 0. The maximum absolute atomic E-state index is 10.7. The molecule has 0 saturated carbocycles. The third-order valence-corrected chi connectivity index (χ3v) is 2.29. The second-order valence-electron chi connectivity index (χ2n) is 3.33. The van der Waals surface area contributed by atoms with Crippen LogP contribution in [0.15, 0.2) is 42.6 Å². The number of hydrogen-bond acceptors (Lipinski definition) is 3. The number of aromatic nitrogens is 1. The van der Waals surface area contributed by atoms with Crippen LogP contribution < -0.4 is 4.74 Å². The van der Waals surface area contributed by atoms with Gasteiger partial charge in [-0.25, -0.2) is 0 Å². The average molecular weight is 213 g/mol. The number of rotatable bonds is 3. The fourth-order valence-electron chi connectivity index (χ4n) is 1.44. The summed E-state index contributed by atoms with van der Waals surface area (Å²) >= 11 is 0. The molecule has 0 atom stereocenters. The lowest BCUT2D eigenvalue weighted by Crippen LogP contribution is -1.88. The first-order valence-corrected chi connectivity index (χ1v) is 4.89. The van der Waals surface area contributed by atoms with Gasteiger partial charge >= 0.3 is 0 Å². The Hall–Kier alpha value is -2.16. The van der Waals surface area contributed by atoms with E-state index in [1.165, 1.54) is 0 Å². The van der Waals surface area contributed by atoms with Crippen LogP contribution in [0.1, 0.15) is 10.4 Å². The molecule has 0 radical (unpaired) electrons. The monoisotopic (exact) mass is 213 g/mol. The van der Waals surface area contributed by atoms with Gasteiger partial charge in [-0.1, -0.05) is 18.2 Å². The van der Waals surface area contributed by atoms with Gasteiger partial charge in [0, 0.05) is 11.1 Å². The lowest BCUT2D eigenvalue weighted by Gasteiger charge is -2.03. The van der Waals surface area contributed by atoms with Crippen molar-refractivity contribution in [3.8, 4) is 17.0 Å². The van der Waals surface area contributed by atoms with Crippen molar-refractivity contribution in [2.24, 2.45) is 0 Å². The topological polar surface area (TPSA) is 39.2 Å². The van der Waals surface area contributed by atoms with Gasteiger partial charge in [0.1, 0.15) is 12.0 Å². The van der Waals surface area contributed by atoms with E-state index in [1.807, 2.05) is 30.3 Å². The van der Waals surface area contributed by atoms with Crippen LogP contribution in [-0.4, -0.2) is 18.4 Å². The van der Waals surface area contributed by atoms with Crippen molar-refractivity contribution >= 4 is 6.29 Å². The van der Waals surface area contributed by atoms with Gasteiger partial charge in [0.15, 0.2) is 0 Å². The molecule has 3 heteroatoms. The molecule has 2 aromatic rings. The van der Waals surface area contributed by atoms with Crippen molar-refractivity contribution in [3.05, 3.63) is 48.2 Å². The summed E-state index contributed by atoms with van der Waals surface area (Å²) < 4.78 is 5.03. The van der Waals surface area contributed by atoms with E-state index < -0.39 is 0 Å². The average Bonchev–Trinajstić information content (AvgIpc) is 2.39. The van der Waals surface area contributed by atoms with Gasteiger partial charge in [-0.3, -0.25) is 9.78 Å². The number of ether oxygens (including phenoxy) is 1. The Morgan fingerprint density at radius 3 is 2.75 bits per heavy atom. The van der Waals surface area contributed by atoms with E-state index in [1.54, 1.807) is 19.4 Å². The van der Waals surface area contributed by atoms with Crippen molar-refractivity contribution in [1.29, 1.82) is 0 Å². The maximum Gasteiger partial charge on any atom is 0.150 e. The molecule has 80 valence electrons. The first kappa shape index (κ1) is 10.4. The molecule has 2 rings (SSSR count). The van der Waals surface area contributed by atoms with Gasteiger partial charge in [0.2, 0.25) is 0 Å². The number of hydrogen-bond donors (Lipinski definition) is 0. The largest absolute Gasteiger partial charge is 0.495 e. The molecular weight excluding hydrogens is 202 g/mol. The Bertz CT molecular complexity index is 492. The van der Waals surface area contributed by atoms with Gasteiger partial charge < -0.3 is 4.74 Å². The molecule has 1 aromatic carbocycles. The van der Waals surface area contributed by atoms with E-state index in [-0.39, 0.29) is 0 Å². The lowest BCUT2D eigenvalue weighted by molar-refractivity contribution is 0.112. The van der Waals surface area contributed by atoms with E-state index in [2.05, 4.69) is 4.98 Å². The van der Waals surface area contributed by atoms with Crippen LogP contribution >= 0.6 is 0 Å². The summed E-state index contributed by atoms with van der Waals surface area (Å²) in [6, 6.07) is 11.0. The Morgan fingerprint density at radius 1 is 1.25 bits per heavy atom. The molecule has 0 aliphatic heterocycles. The van der Waals surface area contributed by atoms with Crippen LogP contribution in [0.25, 0.3) is 11.3 Å². The minimum absolute atomic E-state index is 0.648.